The van der Waals surface area contributed by atoms with Gasteiger partial charge < -0.3 is 4.74 Å². The Morgan fingerprint density at radius 3 is 2.11 bits per heavy atom. The van der Waals surface area contributed by atoms with E-state index in [4.69, 9.17) is 4.74 Å². The molecule has 0 fully saturated rings. The molecule has 28 heavy (non-hydrogen) atoms. The topological polar surface area (TPSA) is 26.3 Å². The molecule has 0 N–H and O–H groups in total. The van der Waals surface area contributed by atoms with Crippen molar-refractivity contribution in [2.24, 2.45) is 16.7 Å². The van der Waals surface area contributed by atoms with E-state index in [2.05, 4.69) is 75.0 Å². The third-order valence-electron chi connectivity index (χ3n) is 6.93. The lowest BCUT2D eigenvalue weighted by molar-refractivity contribution is 0.0725. The molecule has 1 aromatic carbocycles. The van der Waals surface area contributed by atoms with Crippen LogP contribution in [-0.4, -0.2) is 12.9 Å². The van der Waals surface area contributed by atoms with Gasteiger partial charge in [-0.1, -0.05) is 67.5 Å². The van der Waals surface area contributed by atoms with E-state index in [1.807, 2.05) is 12.1 Å². The van der Waals surface area contributed by atoms with Gasteiger partial charge in [0.25, 0.3) is 0 Å². The zero-order valence-electron chi connectivity index (χ0n) is 19.7. The Hall–Kier alpha value is -1.57. The van der Waals surface area contributed by atoms with E-state index >= 15 is 0 Å². The first kappa shape index (κ1) is 24.5. The molecule has 0 aromatic heterocycles. The first-order chi connectivity index (χ1) is 12.8. The third kappa shape index (κ3) is 5.72. The second-order valence-electron chi connectivity index (χ2n) is 10.3. The summed E-state index contributed by atoms with van der Waals surface area (Å²) in [5.74, 6) is 1.26. The lowest BCUT2D eigenvalue weighted by Crippen LogP contribution is -2.38. The normalized spacial score (nSPS) is 15.6. The number of benzene rings is 1. The predicted molar refractivity (Wildman–Crippen MR) is 121 cm³/mol. The lowest BCUT2D eigenvalue weighted by Gasteiger charge is -2.45. The molecule has 2 atom stereocenters. The molecule has 0 aliphatic rings. The van der Waals surface area contributed by atoms with Crippen LogP contribution in [0.2, 0.25) is 0 Å². The van der Waals surface area contributed by atoms with Gasteiger partial charge in [-0.15, -0.1) is 0 Å². The second kappa shape index (κ2) is 9.29. The van der Waals surface area contributed by atoms with Crippen molar-refractivity contribution in [1.82, 2.24) is 0 Å². The van der Waals surface area contributed by atoms with Gasteiger partial charge in [0.1, 0.15) is 12.0 Å². The van der Waals surface area contributed by atoms with Crippen LogP contribution in [0.4, 0.5) is 0 Å². The molecule has 1 aromatic rings. The molecule has 0 amide bonds. The lowest BCUT2D eigenvalue weighted by atomic mass is 9.60. The summed E-state index contributed by atoms with van der Waals surface area (Å²) < 4.78 is 6.19. The monoisotopic (exact) mass is 386 g/mol. The minimum absolute atomic E-state index is 0.0197. The molecule has 0 aliphatic heterocycles. The van der Waals surface area contributed by atoms with Gasteiger partial charge >= 0.3 is 0 Å². The van der Waals surface area contributed by atoms with E-state index in [0.717, 1.165) is 36.9 Å². The standard InChI is InChI=1S/C26H42O2/c1-11-25(8,9)21-15-20(18-27)16-22(17-21)28-14-13-23(24(5,6)7)26(10,12-2)19(3)4/h15-18,23H,3,11-14H2,1-2,4-10H3. The number of rotatable bonds is 10. The van der Waals surface area contributed by atoms with Crippen LogP contribution in [-0.2, 0) is 5.41 Å². The molecule has 1 rings (SSSR count). The fraction of sp³-hybridized carbons (Fsp3) is 0.654. The van der Waals surface area contributed by atoms with Crippen molar-refractivity contribution >= 4 is 6.29 Å². The molecule has 2 nitrogen and oxygen atoms in total. The van der Waals surface area contributed by atoms with E-state index in [1.54, 1.807) is 0 Å². The Kier molecular flexibility index (Phi) is 8.11. The van der Waals surface area contributed by atoms with Crippen LogP contribution in [0, 0.1) is 16.7 Å². The van der Waals surface area contributed by atoms with Crippen LogP contribution in [0.5, 0.6) is 5.75 Å². The zero-order valence-corrected chi connectivity index (χ0v) is 19.7. The number of hydrogen-bond donors (Lipinski definition) is 0. The minimum atomic E-state index is 0.0197. The number of carbonyl (C=O) groups is 1. The molecule has 0 saturated carbocycles. The quantitative estimate of drug-likeness (QED) is 0.305. The number of carbonyl (C=O) groups excluding carboxylic acids is 1. The summed E-state index contributed by atoms with van der Waals surface area (Å²) in [6.07, 6.45) is 3.95. The first-order valence-corrected chi connectivity index (χ1v) is 10.7. The van der Waals surface area contributed by atoms with Crippen LogP contribution in [0.1, 0.15) is 97.5 Å². The Labute approximate surface area is 173 Å². The Morgan fingerprint density at radius 2 is 1.68 bits per heavy atom. The molecule has 0 saturated heterocycles. The maximum Gasteiger partial charge on any atom is 0.150 e. The molecular weight excluding hydrogens is 344 g/mol. The van der Waals surface area contributed by atoms with E-state index in [-0.39, 0.29) is 16.2 Å². The molecule has 158 valence electrons. The first-order valence-electron chi connectivity index (χ1n) is 10.7. The largest absolute Gasteiger partial charge is 0.494 e. The van der Waals surface area contributed by atoms with Crippen LogP contribution < -0.4 is 4.74 Å². The van der Waals surface area contributed by atoms with Crippen LogP contribution >= 0.6 is 0 Å². The van der Waals surface area contributed by atoms with Gasteiger partial charge in [0, 0.05) is 5.56 Å². The molecular formula is C26H42O2. The summed E-state index contributed by atoms with van der Waals surface area (Å²) in [5.41, 5.74) is 3.34. The Morgan fingerprint density at radius 1 is 1.07 bits per heavy atom. The van der Waals surface area contributed by atoms with E-state index < -0.39 is 0 Å². The average Bonchev–Trinajstić information content (AvgIpc) is 2.63. The third-order valence-corrected chi connectivity index (χ3v) is 6.93. The van der Waals surface area contributed by atoms with Crippen molar-refractivity contribution in [3.63, 3.8) is 0 Å². The smallest absolute Gasteiger partial charge is 0.150 e. The number of aldehydes is 1. The summed E-state index contributed by atoms with van der Waals surface area (Å²) in [6.45, 7) is 25.2. The maximum absolute atomic E-state index is 11.4. The number of ether oxygens (including phenoxy) is 1. The number of allylic oxidation sites excluding steroid dienone is 1. The highest BCUT2D eigenvalue weighted by molar-refractivity contribution is 5.76. The average molecular weight is 387 g/mol. The van der Waals surface area contributed by atoms with Gasteiger partial charge in [-0.3, -0.25) is 4.79 Å². The van der Waals surface area contributed by atoms with Gasteiger partial charge in [0.05, 0.1) is 6.61 Å². The molecule has 2 unspecified atom stereocenters. The van der Waals surface area contributed by atoms with Crippen molar-refractivity contribution in [3.05, 3.63) is 41.5 Å². The Balaban J connectivity index is 3.06. The minimum Gasteiger partial charge on any atom is -0.494 e. The van der Waals surface area contributed by atoms with Gasteiger partial charge in [0.2, 0.25) is 0 Å². The van der Waals surface area contributed by atoms with Gasteiger partial charge in [0.15, 0.2) is 0 Å². The van der Waals surface area contributed by atoms with Crippen LogP contribution in [0.25, 0.3) is 0 Å². The van der Waals surface area contributed by atoms with Crippen LogP contribution in [0.3, 0.4) is 0 Å². The zero-order chi connectivity index (χ0) is 21.8. The van der Waals surface area contributed by atoms with Crippen LogP contribution in [0.15, 0.2) is 30.4 Å². The van der Waals surface area contributed by atoms with Crippen molar-refractivity contribution in [1.29, 1.82) is 0 Å². The van der Waals surface area contributed by atoms with Gasteiger partial charge in [-0.2, -0.15) is 0 Å². The summed E-state index contributed by atoms with van der Waals surface area (Å²) in [6, 6.07) is 5.93. The highest BCUT2D eigenvalue weighted by Crippen LogP contribution is 2.48. The molecule has 0 spiro atoms. The summed E-state index contributed by atoms with van der Waals surface area (Å²) in [5, 5.41) is 0. The fourth-order valence-electron chi connectivity index (χ4n) is 4.22. The summed E-state index contributed by atoms with van der Waals surface area (Å²) >= 11 is 0. The highest BCUT2D eigenvalue weighted by Gasteiger charge is 2.40. The Bertz CT molecular complexity index is 678. The summed E-state index contributed by atoms with van der Waals surface area (Å²) in [4.78, 5) is 11.4. The fourth-order valence-corrected chi connectivity index (χ4v) is 4.22. The SMILES string of the molecule is C=C(C)C(C)(CC)C(CCOc1cc(C=O)cc(C(C)(C)CC)c1)C(C)(C)C. The van der Waals surface area contributed by atoms with E-state index in [0.29, 0.717) is 18.1 Å². The second-order valence-corrected chi connectivity index (χ2v) is 10.3. The molecule has 0 bridgehead atoms. The van der Waals surface area contributed by atoms with Crippen molar-refractivity contribution in [2.75, 3.05) is 6.61 Å². The van der Waals surface area contributed by atoms with Gasteiger partial charge in [-0.05, 0) is 72.1 Å². The highest BCUT2D eigenvalue weighted by atomic mass is 16.5. The van der Waals surface area contributed by atoms with E-state index in [9.17, 15) is 4.79 Å². The van der Waals surface area contributed by atoms with Crippen molar-refractivity contribution in [2.45, 2.75) is 87.0 Å². The van der Waals surface area contributed by atoms with Crippen molar-refractivity contribution < 1.29 is 9.53 Å². The van der Waals surface area contributed by atoms with Crippen molar-refractivity contribution in [3.8, 4) is 5.75 Å². The maximum atomic E-state index is 11.4. The number of hydrogen-bond acceptors (Lipinski definition) is 2. The summed E-state index contributed by atoms with van der Waals surface area (Å²) in [7, 11) is 0. The predicted octanol–water partition coefficient (Wildman–Crippen LogP) is 7.61. The van der Waals surface area contributed by atoms with E-state index in [1.165, 1.54) is 5.57 Å². The molecule has 0 heterocycles. The molecule has 0 radical (unpaired) electrons. The molecule has 0 aliphatic carbocycles. The van der Waals surface area contributed by atoms with Gasteiger partial charge in [-0.25, -0.2) is 0 Å². The molecule has 2 heteroatoms.